The molecule has 1 unspecified atom stereocenters. The van der Waals surface area contributed by atoms with Gasteiger partial charge in [0, 0.05) is 25.2 Å². The number of rotatable bonds is 6. The highest BCUT2D eigenvalue weighted by atomic mass is 16.4. The first-order chi connectivity index (χ1) is 11.7. The van der Waals surface area contributed by atoms with Crippen molar-refractivity contribution in [3.05, 3.63) is 59.9 Å². The van der Waals surface area contributed by atoms with Crippen LogP contribution in [0.3, 0.4) is 0 Å². The van der Waals surface area contributed by atoms with Crippen molar-refractivity contribution >= 4 is 12.0 Å². The minimum Gasteiger partial charge on any atom is -0.480 e. The monoisotopic (exact) mass is 325 g/mol. The minimum atomic E-state index is -0.860. The van der Waals surface area contributed by atoms with Gasteiger partial charge in [-0.2, -0.15) is 5.10 Å². The van der Waals surface area contributed by atoms with Crippen molar-refractivity contribution in [1.29, 1.82) is 0 Å². The van der Waals surface area contributed by atoms with Crippen molar-refractivity contribution in [3.63, 3.8) is 0 Å². The molecule has 1 saturated heterocycles. The number of hydrogen-bond donors (Lipinski definition) is 1. The molecule has 1 aromatic heterocycles. The highest BCUT2D eigenvalue weighted by Crippen LogP contribution is 2.25. The smallest absolute Gasteiger partial charge is 0.325 e. The van der Waals surface area contributed by atoms with E-state index in [2.05, 4.69) is 34.3 Å². The fourth-order valence-corrected chi connectivity index (χ4v) is 3.19. The molecular weight excluding hydrogens is 302 g/mol. The zero-order valence-corrected chi connectivity index (χ0v) is 13.7. The number of nitrogens with zero attached hydrogens (tertiary/aromatic N) is 3. The van der Waals surface area contributed by atoms with Gasteiger partial charge in [0.25, 0.3) is 0 Å². The van der Waals surface area contributed by atoms with E-state index in [1.807, 2.05) is 24.3 Å². The molecule has 1 N–H and O–H groups in total. The number of aromatic nitrogens is 2. The van der Waals surface area contributed by atoms with Crippen molar-refractivity contribution in [2.45, 2.75) is 25.3 Å². The summed E-state index contributed by atoms with van der Waals surface area (Å²) in [6.45, 7) is 2.94. The number of hydrogen-bond acceptors (Lipinski definition) is 3. The zero-order chi connectivity index (χ0) is 16.8. The van der Waals surface area contributed by atoms with Gasteiger partial charge in [0.1, 0.15) is 6.54 Å². The van der Waals surface area contributed by atoms with Gasteiger partial charge in [0.15, 0.2) is 0 Å². The molecule has 5 nitrogen and oxygen atoms in total. The van der Waals surface area contributed by atoms with E-state index in [9.17, 15) is 4.79 Å². The molecule has 0 bridgehead atoms. The van der Waals surface area contributed by atoms with Gasteiger partial charge < -0.3 is 5.11 Å². The van der Waals surface area contributed by atoms with Gasteiger partial charge in [-0.3, -0.25) is 14.4 Å². The molecule has 5 heteroatoms. The molecule has 1 aliphatic rings. The maximum atomic E-state index is 10.8. The summed E-state index contributed by atoms with van der Waals surface area (Å²) in [5.41, 5.74) is 2.23. The third kappa shape index (κ3) is 4.55. The van der Waals surface area contributed by atoms with Gasteiger partial charge in [-0.1, -0.05) is 42.5 Å². The number of carboxylic acid groups (broad SMARTS) is 1. The fourth-order valence-electron chi connectivity index (χ4n) is 3.19. The van der Waals surface area contributed by atoms with E-state index >= 15 is 0 Å². The van der Waals surface area contributed by atoms with Crippen molar-refractivity contribution in [2.24, 2.45) is 0 Å². The Morgan fingerprint density at radius 2 is 2.12 bits per heavy atom. The maximum Gasteiger partial charge on any atom is 0.325 e. The largest absolute Gasteiger partial charge is 0.480 e. The third-order valence-electron chi connectivity index (χ3n) is 4.36. The van der Waals surface area contributed by atoms with Crippen molar-refractivity contribution < 1.29 is 9.90 Å². The number of aliphatic carboxylic acids is 1. The number of carbonyl (C=O) groups is 1. The van der Waals surface area contributed by atoms with Gasteiger partial charge >= 0.3 is 5.97 Å². The second-order valence-electron chi connectivity index (χ2n) is 6.24. The average molecular weight is 325 g/mol. The van der Waals surface area contributed by atoms with Crippen LogP contribution in [0.15, 0.2) is 48.7 Å². The summed E-state index contributed by atoms with van der Waals surface area (Å²) in [5.74, 6) is -0.472. The van der Waals surface area contributed by atoms with Crippen molar-refractivity contribution in [3.8, 4) is 0 Å². The number of benzene rings is 1. The van der Waals surface area contributed by atoms with Crippen LogP contribution >= 0.6 is 0 Å². The van der Waals surface area contributed by atoms with Crippen LogP contribution in [-0.2, 0) is 11.3 Å². The topological polar surface area (TPSA) is 58.4 Å². The van der Waals surface area contributed by atoms with E-state index in [4.69, 9.17) is 5.11 Å². The molecule has 0 spiro atoms. The Balaban J connectivity index is 1.55. The zero-order valence-electron chi connectivity index (χ0n) is 13.7. The Bertz CT molecular complexity index is 694. The van der Waals surface area contributed by atoms with E-state index in [1.54, 1.807) is 6.20 Å². The second-order valence-corrected chi connectivity index (χ2v) is 6.24. The summed E-state index contributed by atoms with van der Waals surface area (Å²) < 4.78 is 1.51. The van der Waals surface area contributed by atoms with Gasteiger partial charge in [0.05, 0.1) is 5.69 Å². The lowest BCUT2D eigenvalue weighted by molar-refractivity contribution is -0.137. The summed E-state index contributed by atoms with van der Waals surface area (Å²) in [5, 5.41) is 13.3. The van der Waals surface area contributed by atoms with Gasteiger partial charge in [-0.15, -0.1) is 0 Å². The van der Waals surface area contributed by atoms with Crippen molar-refractivity contribution in [2.75, 3.05) is 19.6 Å². The molecule has 24 heavy (non-hydrogen) atoms. The van der Waals surface area contributed by atoms with E-state index in [-0.39, 0.29) is 6.54 Å². The molecule has 0 aliphatic carbocycles. The van der Waals surface area contributed by atoms with E-state index < -0.39 is 5.97 Å². The molecule has 1 atom stereocenters. The van der Waals surface area contributed by atoms with E-state index in [0.29, 0.717) is 5.92 Å². The van der Waals surface area contributed by atoms with Gasteiger partial charge in [-0.25, -0.2) is 0 Å². The van der Waals surface area contributed by atoms with Crippen LogP contribution in [0.25, 0.3) is 6.08 Å². The van der Waals surface area contributed by atoms with Crippen LogP contribution in [0, 0.1) is 0 Å². The van der Waals surface area contributed by atoms with Crippen LogP contribution in [0.2, 0.25) is 0 Å². The van der Waals surface area contributed by atoms with Gasteiger partial charge in [0.2, 0.25) is 0 Å². The highest BCUT2D eigenvalue weighted by molar-refractivity contribution is 5.66. The maximum absolute atomic E-state index is 10.8. The Morgan fingerprint density at radius 1 is 1.29 bits per heavy atom. The lowest BCUT2D eigenvalue weighted by atomic mass is 9.95. The molecule has 0 saturated carbocycles. The first-order valence-electron chi connectivity index (χ1n) is 8.40. The standard InChI is InChI=1S/C19H23N3O2/c23-19(24)15-22-13-10-18(20-22)17-9-5-12-21(14-17)11-4-8-16-6-2-1-3-7-16/h1-4,6-8,10,13,17H,5,9,11-12,14-15H2,(H,23,24)/b8-4+. The molecular formula is C19H23N3O2. The normalized spacial score (nSPS) is 18.9. The van der Waals surface area contributed by atoms with E-state index in [0.717, 1.165) is 38.2 Å². The lowest BCUT2D eigenvalue weighted by Crippen LogP contribution is -2.34. The SMILES string of the molecule is O=C(O)Cn1ccc(C2CCCN(C/C=C/c3ccccc3)C2)n1. The molecule has 126 valence electrons. The third-order valence-corrected chi connectivity index (χ3v) is 4.36. The fraction of sp³-hybridized carbons (Fsp3) is 0.368. The van der Waals surface area contributed by atoms with Gasteiger partial charge in [-0.05, 0) is 31.0 Å². The minimum absolute atomic E-state index is 0.0732. The van der Waals surface area contributed by atoms with E-state index in [1.165, 1.54) is 10.2 Å². The average Bonchev–Trinajstić information content (AvgIpc) is 3.04. The molecule has 2 heterocycles. The van der Waals surface area contributed by atoms with Crippen LogP contribution in [0.4, 0.5) is 0 Å². The molecule has 2 aromatic rings. The first kappa shape index (κ1) is 16.5. The second kappa shape index (κ2) is 7.93. The Labute approximate surface area is 142 Å². The predicted octanol–water partition coefficient (Wildman–Crippen LogP) is 2.86. The summed E-state index contributed by atoms with van der Waals surface area (Å²) in [4.78, 5) is 13.2. The molecule has 1 fully saturated rings. The van der Waals surface area contributed by atoms with Crippen molar-refractivity contribution in [1.82, 2.24) is 14.7 Å². The number of likely N-dealkylation sites (tertiary alicyclic amines) is 1. The van der Waals surface area contributed by atoms with Crippen LogP contribution in [0.1, 0.15) is 30.0 Å². The number of carboxylic acids is 1. The Morgan fingerprint density at radius 3 is 2.92 bits per heavy atom. The predicted molar refractivity (Wildman–Crippen MR) is 93.8 cm³/mol. The van der Waals surface area contributed by atoms with Crippen LogP contribution in [-0.4, -0.2) is 45.4 Å². The van der Waals surface area contributed by atoms with Crippen LogP contribution in [0.5, 0.6) is 0 Å². The summed E-state index contributed by atoms with van der Waals surface area (Å²) in [6, 6.07) is 12.3. The van der Waals surface area contributed by atoms with Crippen LogP contribution < -0.4 is 0 Å². The summed E-state index contributed by atoms with van der Waals surface area (Å²) >= 11 is 0. The molecule has 0 radical (unpaired) electrons. The quantitative estimate of drug-likeness (QED) is 0.887. The Kier molecular flexibility index (Phi) is 5.43. The Hall–Kier alpha value is -2.40. The summed E-state index contributed by atoms with van der Waals surface area (Å²) in [7, 11) is 0. The molecule has 3 rings (SSSR count). The lowest BCUT2D eigenvalue weighted by Gasteiger charge is -2.31. The molecule has 1 aromatic carbocycles. The highest BCUT2D eigenvalue weighted by Gasteiger charge is 2.22. The molecule has 0 amide bonds. The summed E-state index contributed by atoms with van der Waals surface area (Å²) in [6.07, 6.45) is 8.39. The first-order valence-corrected chi connectivity index (χ1v) is 8.40. The molecule has 1 aliphatic heterocycles. The number of piperidine rings is 1.